The fraction of sp³-hybridized carbons (Fsp3) is 0.524. The lowest BCUT2D eigenvalue weighted by Gasteiger charge is -2.41. The molecule has 34 heavy (non-hydrogen) atoms. The highest BCUT2D eigenvalue weighted by atomic mass is 32.1. The van der Waals surface area contributed by atoms with Crippen LogP contribution in [0.25, 0.3) is 0 Å². The van der Waals surface area contributed by atoms with E-state index in [-0.39, 0.29) is 36.1 Å². The number of primary amides is 1. The Labute approximate surface area is 201 Å². The Kier molecular flexibility index (Phi) is 8.10. The van der Waals surface area contributed by atoms with Gasteiger partial charge in [0.25, 0.3) is 5.91 Å². The summed E-state index contributed by atoms with van der Waals surface area (Å²) in [6.07, 6.45) is 2.00. The van der Waals surface area contributed by atoms with E-state index in [9.17, 15) is 14.4 Å². The summed E-state index contributed by atoms with van der Waals surface area (Å²) in [5.74, 6) is -1.56. The number of likely N-dealkylation sites (N-methyl/N-ethyl adjacent to an activating group) is 1. The van der Waals surface area contributed by atoms with Crippen LogP contribution in [0.4, 0.5) is 9.52 Å². The van der Waals surface area contributed by atoms with Crippen LogP contribution in [0.15, 0.2) is 28.7 Å². The summed E-state index contributed by atoms with van der Waals surface area (Å²) in [5, 5.41) is 10.6. The molecular weight excluding hydrogens is 463 g/mol. The zero-order chi connectivity index (χ0) is 24.9. The molecule has 3 heterocycles. The smallest absolute Gasteiger partial charge is 0.271 e. The molecule has 0 atom stereocenters. The summed E-state index contributed by atoms with van der Waals surface area (Å²) in [4.78, 5) is 44.2. The van der Waals surface area contributed by atoms with Crippen LogP contribution >= 0.6 is 11.3 Å². The number of piperidine rings is 1. The zero-order valence-corrected chi connectivity index (χ0v) is 20.1. The fourth-order valence-electron chi connectivity index (χ4n) is 3.98. The number of carbonyl (C=O) groups is 3. The van der Waals surface area contributed by atoms with Crippen molar-refractivity contribution in [2.45, 2.75) is 25.3 Å². The number of aromatic nitrogens is 1. The highest BCUT2D eigenvalue weighted by molar-refractivity contribution is 7.14. The number of hydrogen-bond donors (Lipinski definition) is 5. The van der Waals surface area contributed by atoms with Crippen LogP contribution in [-0.2, 0) is 9.59 Å². The molecule has 13 heteroatoms. The van der Waals surface area contributed by atoms with Gasteiger partial charge in [0.2, 0.25) is 11.8 Å². The van der Waals surface area contributed by atoms with E-state index in [4.69, 9.17) is 11.5 Å². The van der Waals surface area contributed by atoms with Gasteiger partial charge in [-0.1, -0.05) is 0 Å². The van der Waals surface area contributed by atoms with Crippen molar-refractivity contribution in [2.24, 2.45) is 11.5 Å². The maximum atomic E-state index is 15.0. The van der Waals surface area contributed by atoms with Gasteiger partial charge >= 0.3 is 0 Å². The first kappa shape index (κ1) is 25.4. The fourth-order valence-corrected chi connectivity index (χ4v) is 4.81. The number of anilines is 1. The molecule has 186 valence electrons. The Morgan fingerprint density at radius 3 is 2.62 bits per heavy atom. The molecule has 0 aromatic carbocycles. The summed E-state index contributed by atoms with van der Waals surface area (Å²) in [6.45, 7) is 3.54. The first-order valence-corrected chi connectivity index (χ1v) is 11.8. The van der Waals surface area contributed by atoms with E-state index in [1.165, 1.54) is 17.4 Å². The lowest BCUT2D eigenvalue weighted by atomic mass is 9.86. The topological polar surface area (TPSA) is 159 Å². The second-order valence-electron chi connectivity index (χ2n) is 8.34. The second kappa shape index (κ2) is 10.8. The number of hydrogen-bond acceptors (Lipinski definition) is 9. The minimum absolute atomic E-state index is 0.0868. The molecule has 0 saturated carbocycles. The SMILES string of the molecule is CNC1(C(N)=O)CCN(/C(CNC(=O)c2csc(N3CCNC(=O)C3)n2)=C(F)/C=C(\C)N)CC1. The molecular formula is C21H31FN8O3S. The van der Waals surface area contributed by atoms with Crippen molar-refractivity contribution in [2.75, 3.05) is 51.2 Å². The van der Waals surface area contributed by atoms with Crippen molar-refractivity contribution in [3.63, 3.8) is 0 Å². The number of thiazole rings is 1. The van der Waals surface area contributed by atoms with Crippen molar-refractivity contribution in [1.29, 1.82) is 0 Å². The number of nitrogens with two attached hydrogens (primary N) is 2. The van der Waals surface area contributed by atoms with Gasteiger partial charge in [0.15, 0.2) is 5.13 Å². The average Bonchev–Trinajstić information content (AvgIpc) is 3.29. The summed E-state index contributed by atoms with van der Waals surface area (Å²) in [6, 6.07) is 0. The zero-order valence-electron chi connectivity index (χ0n) is 19.3. The summed E-state index contributed by atoms with van der Waals surface area (Å²) in [5.41, 5.74) is 11.1. The lowest BCUT2D eigenvalue weighted by molar-refractivity contribution is -0.126. The normalized spacial score (nSPS) is 19.4. The lowest BCUT2D eigenvalue weighted by Crippen LogP contribution is -2.59. The minimum atomic E-state index is -0.844. The summed E-state index contributed by atoms with van der Waals surface area (Å²) >= 11 is 1.27. The Morgan fingerprint density at radius 1 is 1.32 bits per heavy atom. The molecule has 1 aromatic heterocycles. The van der Waals surface area contributed by atoms with Gasteiger partial charge in [-0.05, 0) is 32.9 Å². The molecule has 0 spiro atoms. The van der Waals surface area contributed by atoms with Gasteiger partial charge in [-0.25, -0.2) is 9.37 Å². The number of halogens is 1. The molecule has 0 unspecified atom stereocenters. The molecule has 11 nitrogen and oxygen atoms in total. The van der Waals surface area contributed by atoms with E-state index in [2.05, 4.69) is 20.9 Å². The standard InChI is InChI=1S/C21H31FN8O3S/c1-13(23)9-14(22)16(29-6-3-21(25-2,4-7-29)19(24)33)10-27-18(32)15-12-34-20(28-15)30-8-5-26-17(31)11-30/h9,12,25H,3-8,10-11,23H2,1-2H3,(H2,24,33)(H,26,31)(H,27,32)/b13-9+,16-14-. The van der Waals surface area contributed by atoms with E-state index >= 15 is 4.39 Å². The van der Waals surface area contributed by atoms with Crippen molar-refractivity contribution >= 4 is 34.2 Å². The Balaban J connectivity index is 1.70. The van der Waals surface area contributed by atoms with Gasteiger partial charge in [0.05, 0.1) is 18.8 Å². The van der Waals surface area contributed by atoms with E-state index in [1.807, 2.05) is 0 Å². The van der Waals surface area contributed by atoms with Gasteiger partial charge in [-0.3, -0.25) is 14.4 Å². The molecule has 2 aliphatic heterocycles. The molecule has 2 saturated heterocycles. The van der Waals surface area contributed by atoms with Crippen molar-refractivity contribution in [1.82, 2.24) is 25.8 Å². The highest BCUT2D eigenvalue weighted by Crippen LogP contribution is 2.26. The Morgan fingerprint density at radius 2 is 2.03 bits per heavy atom. The van der Waals surface area contributed by atoms with Gasteiger partial charge in [-0.2, -0.15) is 0 Å². The summed E-state index contributed by atoms with van der Waals surface area (Å²) in [7, 11) is 1.68. The maximum absolute atomic E-state index is 15.0. The number of likely N-dealkylation sites (tertiary alicyclic amines) is 1. The predicted octanol–water partition coefficient (Wildman–Crippen LogP) is -0.608. The van der Waals surface area contributed by atoms with Crippen LogP contribution in [0.2, 0.25) is 0 Å². The monoisotopic (exact) mass is 494 g/mol. The van der Waals surface area contributed by atoms with E-state index < -0.39 is 23.2 Å². The number of allylic oxidation sites excluding steroid dienone is 3. The van der Waals surface area contributed by atoms with Crippen LogP contribution in [0.3, 0.4) is 0 Å². The molecule has 3 amide bonds. The summed E-state index contributed by atoms with van der Waals surface area (Å²) < 4.78 is 15.0. The first-order chi connectivity index (χ1) is 16.1. The van der Waals surface area contributed by atoms with E-state index in [0.29, 0.717) is 44.2 Å². The molecule has 3 rings (SSSR count). The van der Waals surface area contributed by atoms with Gasteiger partial charge < -0.3 is 37.2 Å². The molecule has 7 N–H and O–H groups in total. The number of nitrogens with zero attached hydrogens (tertiary/aromatic N) is 3. The maximum Gasteiger partial charge on any atom is 0.271 e. The average molecular weight is 495 g/mol. The number of piperazine rings is 1. The predicted molar refractivity (Wildman–Crippen MR) is 128 cm³/mol. The molecule has 1 aromatic rings. The molecule has 2 aliphatic rings. The van der Waals surface area contributed by atoms with Crippen molar-refractivity contribution < 1.29 is 18.8 Å². The quantitative estimate of drug-likeness (QED) is 0.300. The van der Waals surface area contributed by atoms with Crippen LogP contribution in [0, 0.1) is 0 Å². The van der Waals surface area contributed by atoms with Gasteiger partial charge in [0.1, 0.15) is 17.1 Å². The van der Waals surface area contributed by atoms with E-state index in [1.54, 1.807) is 29.2 Å². The van der Waals surface area contributed by atoms with Crippen LogP contribution in [-0.4, -0.2) is 79.5 Å². The Hall–Kier alpha value is -3.19. The van der Waals surface area contributed by atoms with Gasteiger partial charge in [-0.15, -0.1) is 11.3 Å². The van der Waals surface area contributed by atoms with Crippen molar-refractivity contribution in [3.8, 4) is 0 Å². The molecule has 0 radical (unpaired) electrons. The third-order valence-corrected chi connectivity index (χ3v) is 6.93. The largest absolute Gasteiger partial charge is 0.402 e. The van der Waals surface area contributed by atoms with Crippen LogP contribution in [0.5, 0.6) is 0 Å². The minimum Gasteiger partial charge on any atom is -0.402 e. The molecule has 0 aliphatic carbocycles. The number of rotatable bonds is 8. The van der Waals surface area contributed by atoms with Crippen molar-refractivity contribution in [3.05, 3.63) is 34.4 Å². The molecule has 0 bridgehead atoms. The second-order valence-corrected chi connectivity index (χ2v) is 9.17. The first-order valence-electron chi connectivity index (χ1n) is 11.0. The Bertz CT molecular complexity index is 996. The number of amides is 3. The van der Waals surface area contributed by atoms with Crippen LogP contribution < -0.4 is 32.3 Å². The van der Waals surface area contributed by atoms with Gasteiger partial charge in [0, 0.05) is 37.3 Å². The third-order valence-electron chi connectivity index (χ3n) is 6.03. The van der Waals surface area contributed by atoms with Crippen LogP contribution in [0.1, 0.15) is 30.3 Å². The third kappa shape index (κ3) is 5.83. The number of carbonyl (C=O) groups excluding carboxylic acids is 3. The van der Waals surface area contributed by atoms with E-state index in [0.717, 1.165) is 0 Å². The number of nitrogens with one attached hydrogen (secondary N) is 3. The molecule has 2 fully saturated rings. The highest BCUT2D eigenvalue weighted by Gasteiger charge is 2.39.